The molecule has 6 aliphatic heterocycles. The minimum atomic E-state index is -1.09. The first-order valence-corrected chi connectivity index (χ1v) is 49.7. The van der Waals surface area contributed by atoms with E-state index in [9.17, 15) is 41.9 Å². The molecule has 6 aliphatic rings. The number of H-pyrrole nitrogens is 3. The van der Waals surface area contributed by atoms with Crippen LogP contribution >= 0.6 is 23.1 Å². The third-order valence-electron chi connectivity index (χ3n) is 27.9. The van der Waals surface area contributed by atoms with Gasteiger partial charge in [-0.05, 0) is 244 Å². The quantitative estimate of drug-likeness (QED) is 0.0293. The second kappa shape index (κ2) is 42.6. The van der Waals surface area contributed by atoms with E-state index < -0.39 is 15.9 Å². The second-order valence-corrected chi connectivity index (χ2v) is 38.8. The lowest BCUT2D eigenvalue weighted by molar-refractivity contribution is -0.138. The van der Waals surface area contributed by atoms with Gasteiger partial charge in [-0.2, -0.15) is 15.3 Å². The van der Waals surface area contributed by atoms with Gasteiger partial charge in [0.2, 0.25) is 47.2 Å². The highest BCUT2D eigenvalue weighted by molar-refractivity contribution is 8.00. The third-order valence-corrected chi connectivity index (χ3v) is 30.2. The number of nitrogens with zero attached hydrogens (tertiary/aromatic N) is 16. The van der Waals surface area contributed by atoms with Crippen LogP contribution in [0.1, 0.15) is 105 Å². The van der Waals surface area contributed by atoms with E-state index in [1.165, 1.54) is 66.4 Å². The van der Waals surface area contributed by atoms with E-state index in [1.54, 1.807) is 91.6 Å². The highest BCUT2D eigenvalue weighted by Gasteiger charge is 2.49. The molecule has 13 heterocycles. The van der Waals surface area contributed by atoms with E-state index in [1.807, 2.05) is 111 Å². The summed E-state index contributed by atoms with van der Waals surface area (Å²) in [5.41, 5.74) is 11.9. The molecule has 5 saturated heterocycles. The van der Waals surface area contributed by atoms with Gasteiger partial charge < -0.3 is 49.0 Å². The maximum absolute atomic E-state index is 13.7. The Hall–Kier alpha value is -14.3. The maximum Gasteiger partial charge on any atom is 0.258 e. The summed E-state index contributed by atoms with van der Waals surface area (Å²) < 4.78 is 62.8. The van der Waals surface area contributed by atoms with Crippen LogP contribution in [0.4, 0.5) is 30.2 Å². The molecule has 7 aromatic heterocycles. The van der Waals surface area contributed by atoms with E-state index in [0.29, 0.717) is 199 Å². The van der Waals surface area contributed by atoms with Gasteiger partial charge in [0.15, 0.2) is 17.0 Å². The number of fused-ring (bicyclic) bond motifs is 3. The molecule has 8 aromatic carbocycles. The number of thiazole rings is 1. The summed E-state index contributed by atoms with van der Waals surface area (Å²) in [6.07, 6.45) is 16.5. The standard InChI is InChI=1S/C36H38FN7O4.C36H38FN7O3S.C33H31FN8O3S/c1-3-31-40-42-34(48-31)26-6-4-23(5-7-26)24-14-17-44(18-15-24)32(45)21-43-19-16-36(22-43,47-2)35(46)38-28-12-13-30-29(20-28)33(41-39-30)25-8-10-27(37)11-9-25;1-3-31-40-42-34(47-31)26-6-4-23(5-7-26)24-14-17-44(18-15-24)32(45)21-43-19-16-36(22-43,48-2)35(46)38-28-12-13-30-29(20-28)33(41-39-30)25-8-10-27(37)11-9-25;1-45-33(32(44)38-24-7-8-26-25(17-24)29(40-39-26)21-3-5-23(34)6-4-21)11-16-41(20-33)19-28(43)42-14-9-22(10-15-42)31-37-18-27(46-31)30-35-12-2-13-36-30/h2*4-13,20,24H,3,14-19,21-22H2,1-2H3,(H,38,46)(H,39,41);2-9,12-13,17-18H,10-11,14-16,19-20H2,1H3,(H,38,44)(H,39,40)/t2*36-;33-/m000/s1. The number of halogens is 3. The number of anilines is 3. The van der Waals surface area contributed by atoms with Crippen molar-refractivity contribution in [2.75, 3.05) is 135 Å². The highest BCUT2D eigenvalue weighted by atomic mass is 32.2. The van der Waals surface area contributed by atoms with Crippen LogP contribution in [0.25, 0.3) is 106 Å². The predicted octanol–water partition coefficient (Wildman–Crippen LogP) is 16.2. The van der Waals surface area contributed by atoms with Crippen LogP contribution in [0.5, 0.6) is 0 Å². The molecule has 0 bridgehead atoms. The lowest BCUT2D eigenvalue weighted by Crippen LogP contribution is -2.48. The third kappa shape index (κ3) is 21.3. The number of amides is 6. The summed E-state index contributed by atoms with van der Waals surface area (Å²) in [5, 5.41) is 51.1. The van der Waals surface area contributed by atoms with Crippen molar-refractivity contribution in [1.29, 1.82) is 0 Å². The number of ether oxygens (including phenoxy) is 2. The number of aromatic amines is 3. The summed E-state index contributed by atoms with van der Waals surface area (Å²) in [6, 6.07) is 53.4. The number of aryl methyl sites for hydroxylation is 2. The zero-order chi connectivity index (χ0) is 98.2. The van der Waals surface area contributed by atoms with Gasteiger partial charge in [0.25, 0.3) is 11.8 Å². The fourth-order valence-corrected chi connectivity index (χ4v) is 21.2. The van der Waals surface area contributed by atoms with Crippen molar-refractivity contribution in [2.45, 2.75) is 106 Å². The Morgan fingerprint density at radius 1 is 0.465 bits per heavy atom. The van der Waals surface area contributed by atoms with Gasteiger partial charge in [0.1, 0.15) is 27.2 Å². The van der Waals surface area contributed by atoms with Crippen molar-refractivity contribution in [3.8, 4) is 67.4 Å². The molecule has 6 N–H and O–H groups in total. The smallest absolute Gasteiger partial charge is 0.258 e. The van der Waals surface area contributed by atoms with Gasteiger partial charge in [-0.3, -0.25) is 58.8 Å². The fraction of sp³-hybridized carbons (Fsp3) is 0.333. The van der Waals surface area contributed by atoms with Crippen molar-refractivity contribution >= 4 is 114 Å². The Balaban J connectivity index is 0.000000135. The van der Waals surface area contributed by atoms with Crippen molar-refractivity contribution in [3.63, 3.8) is 0 Å². The van der Waals surface area contributed by atoms with Gasteiger partial charge in [0.05, 0.1) is 58.1 Å². The molecule has 0 saturated carbocycles. The molecule has 6 amide bonds. The van der Waals surface area contributed by atoms with Crippen LogP contribution in [0.15, 0.2) is 215 Å². The average Bonchev–Trinajstić information content (AvgIpc) is 1.63. The van der Waals surface area contributed by atoms with Gasteiger partial charge >= 0.3 is 0 Å². The summed E-state index contributed by atoms with van der Waals surface area (Å²) in [4.78, 5) is 107. The number of carbonyl (C=O) groups excluding carboxylic acids is 6. The molecule has 21 rings (SSSR count). The van der Waals surface area contributed by atoms with Gasteiger partial charge in [-0.15, -0.1) is 43.5 Å². The molecule has 37 heteroatoms. The Kier molecular flexibility index (Phi) is 29.0. The van der Waals surface area contributed by atoms with Crippen LogP contribution in [-0.4, -0.2) is 265 Å². The first-order chi connectivity index (χ1) is 69.1. The number of piperidine rings is 2. The molecule has 5 fully saturated rings. The minimum absolute atomic E-state index is 0.0128. The Labute approximate surface area is 824 Å². The summed E-state index contributed by atoms with van der Waals surface area (Å²) in [6.45, 7) is 11.6. The second-order valence-electron chi connectivity index (χ2n) is 36.5. The number of hydrogen-bond donors (Lipinski definition) is 6. The van der Waals surface area contributed by atoms with Crippen LogP contribution in [0.2, 0.25) is 0 Å². The highest BCUT2D eigenvalue weighted by Crippen LogP contribution is 2.41. The van der Waals surface area contributed by atoms with E-state index in [2.05, 4.69) is 117 Å². The van der Waals surface area contributed by atoms with Crippen LogP contribution in [0, 0.1) is 17.5 Å². The number of rotatable bonds is 26. The lowest BCUT2D eigenvalue weighted by atomic mass is 9.89. The number of benzene rings is 8. The molecule has 142 heavy (non-hydrogen) atoms. The van der Waals surface area contributed by atoms with Crippen molar-refractivity contribution < 1.29 is 60.2 Å². The minimum Gasteiger partial charge on any atom is -0.421 e. The summed E-state index contributed by atoms with van der Waals surface area (Å²) in [5.74, 6) is 2.38. The number of aromatic nitrogens is 13. The number of thioether (sulfide) groups is 1. The number of nitrogens with one attached hydrogen (secondary N) is 6. The zero-order valence-electron chi connectivity index (χ0n) is 79.2. The molecule has 730 valence electrons. The Morgan fingerprint density at radius 2 is 0.859 bits per heavy atom. The topological polar surface area (TPSA) is 379 Å². The van der Waals surface area contributed by atoms with E-state index in [0.717, 1.165) is 102 Å². The van der Waals surface area contributed by atoms with Crippen molar-refractivity contribution in [1.82, 2.24) is 95.3 Å². The normalized spacial score (nSPS) is 18.8. The SMILES string of the molecule is CCc1nnc(-c2ccc(C3CCN(C(=O)CN4CC[C@@](OC)(C(=O)Nc5ccc6[nH]nc(-c7ccc(F)cc7)c6c5)C4)CC3)cc2)o1.CCc1nnc(-c2ccc(C3CCN(C(=O)CN4CC[C@@](SC)(C(=O)Nc5ccc6[nH]nc(-c7ccc(F)cc7)c6c5)C4)CC3)cc2)o1.CO[C@@]1(C(=O)Nc2ccc3[nH]nc(-c4ccc(F)cc4)c3c2)CCN(CC(=O)N2CC=C(c3ncc(-c4ncccn4)s3)CC2)C1. The van der Waals surface area contributed by atoms with E-state index >= 15 is 0 Å². The van der Waals surface area contributed by atoms with Gasteiger partial charge in [-0.25, -0.2) is 28.1 Å². The molecule has 3 atom stereocenters. The number of methoxy groups -OCH3 is 2. The van der Waals surface area contributed by atoms with Crippen LogP contribution < -0.4 is 16.0 Å². The average molecular weight is 1960 g/mol. The number of hydrogen-bond acceptors (Lipinski definition) is 25. The lowest BCUT2D eigenvalue weighted by Gasteiger charge is -2.33. The molecule has 0 spiro atoms. The number of likely N-dealkylation sites (tertiary alicyclic amines) is 5. The molecule has 32 nitrogen and oxygen atoms in total. The molecular formula is C105H107F3N22O10S2. The van der Waals surface area contributed by atoms with E-state index in [-0.39, 0.29) is 66.0 Å². The first-order valence-electron chi connectivity index (χ1n) is 47.7. The largest absolute Gasteiger partial charge is 0.421 e. The zero-order valence-corrected chi connectivity index (χ0v) is 80.8. The van der Waals surface area contributed by atoms with E-state index in [4.69, 9.17) is 18.3 Å². The van der Waals surface area contributed by atoms with Gasteiger partial charge in [-0.1, -0.05) is 44.2 Å². The molecule has 0 radical (unpaired) electrons. The van der Waals surface area contributed by atoms with Crippen LogP contribution in [-0.2, 0) is 51.1 Å². The summed E-state index contributed by atoms with van der Waals surface area (Å²) in [7, 11) is 3.07. The fourth-order valence-electron chi connectivity index (χ4n) is 19.5. The summed E-state index contributed by atoms with van der Waals surface area (Å²) >= 11 is 3.08. The predicted molar refractivity (Wildman–Crippen MR) is 537 cm³/mol. The monoisotopic (exact) mass is 1960 g/mol. The van der Waals surface area contributed by atoms with Crippen molar-refractivity contribution in [3.05, 3.63) is 252 Å². The number of carbonyl (C=O) groups is 6. The maximum atomic E-state index is 13.7. The Morgan fingerprint density at radius 3 is 1.25 bits per heavy atom. The molecular weight excluding hydrogens is 1850 g/mol. The molecule has 15 aromatic rings. The molecule has 0 unspecified atom stereocenters. The molecule has 0 aliphatic carbocycles. The Bertz CT molecular complexity index is 6810. The van der Waals surface area contributed by atoms with Crippen LogP contribution in [0.3, 0.4) is 0 Å². The van der Waals surface area contributed by atoms with Gasteiger partial charge in [0, 0.05) is 185 Å². The van der Waals surface area contributed by atoms with Crippen molar-refractivity contribution in [2.24, 2.45) is 0 Å². The first kappa shape index (κ1) is 96.5.